The SMILES string of the molecule is CSc1nnc(CNC(=O)C2CCCCC2)n1Cc1ccccc1. The van der Waals surface area contributed by atoms with Gasteiger partial charge in [-0.15, -0.1) is 10.2 Å². The average molecular weight is 344 g/mol. The van der Waals surface area contributed by atoms with E-state index in [4.69, 9.17) is 0 Å². The van der Waals surface area contributed by atoms with Crippen LogP contribution >= 0.6 is 11.8 Å². The van der Waals surface area contributed by atoms with Crippen molar-refractivity contribution in [3.8, 4) is 0 Å². The lowest BCUT2D eigenvalue weighted by atomic mass is 9.89. The molecule has 1 saturated carbocycles. The Morgan fingerprint density at radius 1 is 1.21 bits per heavy atom. The van der Waals surface area contributed by atoms with E-state index in [9.17, 15) is 4.79 Å². The van der Waals surface area contributed by atoms with Crippen molar-refractivity contribution < 1.29 is 4.79 Å². The van der Waals surface area contributed by atoms with Gasteiger partial charge in [0.05, 0.1) is 13.1 Å². The minimum atomic E-state index is 0.162. The summed E-state index contributed by atoms with van der Waals surface area (Å²) in [5, 5.41) is 12.5. The Hall–Kier alpha value is -1.82. The van der Waals surface area contributed by atoms with Crippen molar-refractivity contribution in [3.05, 3.63) is 41.7 Å². The highest BCUT2D eigenvalue weighted by molar-refractivity contribution is 7.98. The van der Waals surface area contributed by atoms with Crippen molar-refractivity contribution in [1.29, 1.82) is 0 Å². The smallest absolute Gasteiger partial charge is 0.223 e. The topological polar surface area (TPSA) is 59.8 Å². The molecular weight excluding hydrogens is 320 g/mol. The van der Waals surface area contributed by atoms with Gasteiger partial charge in [-0.05, 0) is 24.7 Å². The van der Waals surface area contributed by atoms with Gasteiger partial charge in [0.15, 0.2) is 11.0 Å². The van der Waals surface area contributed by atoms with Crippen LogP contribution in [0.3, 0.4) is 0 Å². The molecule has 24 heavy (non-hydrogen) atoms. The number of thioether (sulfide) groups is 1. The van der Waals surface area contributed by atoms with E-state index in [1.54, 1.807) is 11.8 Å². The van der Waals surface area contributed by atoms with E-state index in [1.165, 1.54) is 24.8 Å². The van der Waals surface area contributed by atoms with Crippen LogP contribution in [0.2, 0.25) is 0 Å². The normalized spacial score (nSPS) is 15.4. The number of nitrogens with zero attached hydrogens (tertiary/aromatic N) is 3. The second-order valence-corrected chi connectivity index (χ2v) is 7.00. The fourth-order valence-electron chi connectivity index (χ4n) is 3.20. The van der Waals surface area contributed by atoms with Crippen molar-refractivity contribution >= 4 is 17.7 Å². The number of benzene rings is 1. The second-order valence-electron chi connectivity index (χ2n) is 6.23. The van der Waals surface area contributed by atoms with E-state index in [1.807, 2.05) is 24.5 Å². The number of hydrogen-bond donors (Lipinski definition) is 1. The van der Waals surface area contributed by atoms with Gasteiger partial charge in [0.2, 0.25) is 5.91 Å². The third-order valence-electron chi connectivity index (χ3n) is 4.56. The molecule has 0 spiro atoms. The van der Waals surface area contributed by atoms with Gasteiger partial charge in [-0.25, -0.2) is 0 Å². The summed E-state index contributed by atoms with van der Waals surface area (Å²) in [7, 11) is 0. The lowest BCUT2D eigenvalue weighted by Gasteiger charge is -2.20. The summed E-state index contributed by atoms with van der Waals surface area (Å²) in [6.07, 6.45) is 7.61. The Morgan fingerprint density at radius 3 is 2.67 bits per heavy atom. The van der Waals surface area contributed by atoms with Crippen molar-refractivity contribution in [1.82, 2.24) is 20.1 Å². The molecule has 1 fully saturated rings. The molecule has 0 unspecified atom stereocenters. The maximum Gasteiger partial charge on any atom is 0.223 e. The molecule has 0 radical (unpaired) electrons. The maximum atomic E-state index is 12.3. The molecule has 1 aromatic heterocycles. The van der Waals surface area contributed by atoms with E-state index in [0.717, 1.165) is 30.4 Å². The zero-order valence-corrected chi connectivity index (χ0v) is 14.9. The Kier molecular flexibility index (Phi) is 5.91. The van der Waals surface area contributed by atoms with Crippen LogP contribution < -0.4 is 5.32 Å². The third-order valence-corrected chi connectivity index (χ3v) is 5.22. The summed E-state index contributed by atoms with van der Waals surface area (Å²) in [6, 6.07) is 10.3. The van der Waals surface area contributed by atoms with Gasteiger partial charge in [-0.1, -0.05) is 61.4 Å². The molecule has 5 nitrogen and oxygen atoms in total. The molecule has 1 amide bonds. The van der Waals surface area contributed by atoms with Gasteiger partial charge in [0, 0.05) is 5.92 Å². The number of hydrogen-bond acceptors (Lipinski definition) is 4. The largest absolute Gasteiger partial charge is 0.349 e. The first-order valence-corrected chi connectivity index (χ1v) is 9.78. The van der Waals surface area contributed by atoms with Crippen LogP contribution in [0.25, 0.3) is 0 Å². The van der Waals surface area contributed by atoms with Gasteiger partial charge in [-0.2, -0.15) is 0 Å². The third kappa shape index (κ3) is 4.17. The number of rotatable bonds is 6. The summed E-state index contributed by atoms with van der Waals surface area (Å²) in [5.41, 5.74) is 1.20. The van der Waals surface area contributed by atoms with Gasteiger partial charge < -0.3 is 9.88 Å². The van der Waals surface area contributed by atoms with E-state index < -0.39 is 0 Å². The molecule has 0 saturated heterocycles. The average Bonchev–Trinajstić information content (AvgIpc) is 3.03. The highest BCUT2D eigenvalue weighted by Crippen LogP contribution is 2.23. The number of carbonyl (C=O) groups is 1. The van der Waals surface area contributed by atoms with Gasteiger partial charge >= 0.3 is 0 Å². The molecule has 1 heterocycles. The summed E-state index contributed by atoms with van der Waals surface area (Å²) >= 11 is 1.57. The number of amides is 1. The molecule has 1 aliphatic rings. The molecule has 1 aromatic carbocycles. The van der Waals surface area contributed by atoms with Crippen LogP contribution in [0.4, 0.5) is 0 Å². The highest BCUT2D eigenvalue weighted by Gasteiger charge is 2.21. The monoisotopic (exact) mass is 344 g/mol. The van der Waals surface area contributed by atoms with Crippen molar-refractivity contribution in [2.24, 2.45) is 5.92 Å². The van der Waals surface area contributed by atoms with Crippen LogP contribution in [0.5, 0.6) is 0 Å². The van der Waals surface area contributed by atoms with E-state index >= 15 is 0 Å². The number of aromatic nitrogens is 3. The van der Waals surface area contributed by atoms with E-state index in [2.05, 4.69) is 32.2 Å². The van der Waals surface area contributed by atoms with Gasteiger partial charge in [0.25, 0.3) is 0 Å². The van der Waals surface area contributed by atoms with Gasteiger partial charge in [-0.3, -0.25) is 4.79 Å². The van der Waals surface area contributed by atoms with E-state index in [-0.39, 0.29) is 11.8 Å². The Bertz CT molecular complexity index is 665. The minimum absolute atomic E-state index is 0.162. The molecule has 0 atom stereocenters. The first-order chi connectivity index (χ1) is 11.8. The van der Waals surface area contributed by atoms with Crippen molar-refractivity contribution in [3.63, 3.8) is 0 Å². The standard InChI is InChI=1S/C18H24N4OS/c1-24-18-21-20-16(22(18)13-14-8-4-2-5-9-14)12-19-17(23)15-10-6-3-7-11-15/h2,4-5,8-9,15H,3,6-7,10-13H2,1H3,(H,19,23). The zero-order chi connectivity index (χ0) is 16.8. The number of nitrogens with one attached hydrogen (secondary N) is 1. The first-order valence-electron chi connectivity index (χ1n) is 8.55. The molecule has 1 N–H and O–H groups in total. The molecule has 1 aliphatic carbocycles. The molecule has 3 rings (SSSR count). The van der Waals surface area contributed by atoms with Crippen LogP contribution in [0.1, 0.15) is 43.5 Å². The summed E-state index contributed by atoms with van der Waals surface area (Å²) in [6.45, 7) is 1.16. The fourth-order valence-corrected chi connectivity index (χ4v) is 3.71. The summed E-state index contributed by atoms with van der Waals surface area (Å²) in [5.74, 6) is 1.14. The predicted octanol–water partition coefficient (Wildman–Crippen LogP) is 3.24. The highest BCUT2D eigenvalue weighted by atomic mass is 32.2. The van der Waals surface area contributed by atoms with Crippen LogP contribution in [0, 0.1) is 5.92 Å². The lowest BCUT2D eigenvalue weighted by molar-refractivity contribution is -0.126. The molecular formula is C18H24N4OS. The van der Waals surface area contributed by atoms with Crippen LogP contribution in [-0.2, 0) is 17.9 Å². The quantitative estimate of drug-likeness (QED) is 0.817. The van der Waals surface area contributed by atoms with Crippen molar-refractivity contribution in [2.75, 3.05) is 6.26 Å². The maximum absolute atomic E-state index is 12.3. The van der Waals surface area contributed by atoms with Crippen LogP contribution in [0.15, 0.2) is 35.5 Å². The number of carbonyl (C=O) groups excluding carboxylic acids is 1. The molecule has 0 bridgehead atoms. The second kappa shape index (κ2) is 8.33. The Labute approximate surface area is 147 Å². The van der Waals surface area contributed by atoms with Crippen molar-refractivity contribution in [2.45, 2.75) is 50.4 Å². The summed E-state index contributed by atoms with van der Waals surface area (Å²) in [4.78, 5) is 12.3. The minimum Gasteiger partial charge on any atom is -0.349 e. The first kappa shape index (κ1) is 17.0. The Balaban J connectivity index is 1.66. The molecule has 0 aliphatic heterocycles. The van der Waals surface area contributed by atoms with Gasteiger partial charge in [0.1, 0.15) is 0 Å². The molecule has 6 heteroatoms. The fraction of sp³-hybridized carbons (Fsp3) is 0.500. The molecule has 128 valence electrons. The molecule has 2 aromatic rings. The predicted molar refractivity (Wildman–Crippen MR) is 95.8 cm³/mol. The summed E-state index contributed by atoms with van der Waals surface area (Å²) < 4.78 is 2.08. The lowest BCUT2D eigenvalue weighted by Crippen LogP contribution is -2.32. The van der Waals surface area contributed by atoms with Crippen LogP contribution in [-0.4, -0.2) is 26.9 Å². The van der Waals surface area contributed by atoms with E-state index in [0.29, 0.717) is 6.54 Å². The zero-order valence-electron chi connectivity index (χ0n) is 14.1. The Morgan fingerprint density at radius 2 is 1.96 bits per heavy atom.